The van der Waals surface area contributed by atoms with E-state index in [1.807, 2.05) is 0 Å². The molecule has 0 saturated carbocycles. The third kappa shape index (κ3) is 8.20. The van der Waals surface area contributed by atoms with Crippen LogP contribution in [0.4, 0.5) is 13.2 Å². The largest absolute Gasteiger partial charge is 0.457 e. The highest BCUT2D eigenvalue weighted by molar-refractivity contribution is 5.92. The van der Waals surface area contributed by atoms with Crippen molar-refractivity contribution in [1.82, 2.24) is 0 Å². The van der Waals surface area contributed by atoms with Gasteiger partial charge < -0.3 is 28.4 Å². The second-order valence-corrected chi connectivity index (χ2v) is 7.50. The molecule has 0 N–H and O–H groups in total. The molecule has 0 heterocycles. The number of halogens is 3. The van der Waals surface area contributed by atoms with Crippen molar-refractivity contribution >= 4 is 23.9 Å². The van der Waals surface area contributed by atoms with Gasteiger partial charge in [-0.1, -0.05) is 13.2 Å². The predicted octanol–water partition coefficient (Wildman–Crippen LogP) is 4.67. The minimum absolute atomic E-state index is 0.137. The van der Waals surface area contributed by atoms with Crippen LogP contribution < -0.4 is 18.9 Å². The van der Waals surface area contributed by atoms with Crippen molar-refractivity contribution in [3.63, 3.8) is 0 Å². The van der Waals surface area contributed by atoms with E-state index in [-0.39, 0.29) is 22.6 Å². The van der Waals surface area contributed by atoms with E-state index in [9.17, 15) is 32.3 Å². The lowest BCUT2D eigenvalue weighted by molar-refractivity contribution is -0.145. The second kappa shape index (κ2) is 14.0. The Morgan fingerprint density at radius 2 is 1.10 bits per heavy atom. The standard InChI is InChI=1S/C28H19F3O10/c1-3-22(32)38-14-36-18-9-5-16(6-10-18)27(34)40-21-13-20(29)26(25(31)24(21)30)41-28(35)17-7-11-19(12-8-17)37-15-39-23(33)4-2/h3-13H,1-2,14-15H2. The summed E-state index contributed by atoms with van der Waals surface area (Å²) in [7, 11) is 0. The number of carbonyl (C=O) groups excluding carboxylic acids is 4. The molecular weight excluding hydrogens is 553 g/mol. The van der Waals surface area contributed by atoms with E-state index in [4.69, 9.17) is 14.2 Å². The average molecular weight is 572 g/mol. The molecule has 0 spiro atoms. The summed E-state index contributed by atoms with van der Waals surface area (Å²) in [4.78, 5) is 46.7. The normalized spacial score (nSPS) is 10.1. The van der Waals surface area contributed by atoms with Gasteiger partial charge in [0.2, 0.25) is 31.0 Å². The Morgan fingerprint density at radius 3 is 1.54 bits per heavy atom. The maximum atomic E-state index is 14.6. The molecule has 3 aromatic carbocycles. The number of hydrogen-bond donors (Lipinski definition) is 0. The lowest BCUT2D eigenvalue weighted by Gasteiger charge is -2.11. The molecule has 0 atom stereocenters. The zero-order valence-electron chi connectivity index (χ0n) is 20.9. The summed E-state index contributed by atoms with van der Waals surface area (Å²) in [5.74, 6) is -11.1. The van der Waals surface area contributed by atoms with Gasteiger partial charge in [0.15, 0.2) is 11.6 Å². The van der Waals surface area contributed by atoms with E-state index in [2.05, 4.69) is 27.4 Å². The third-order valence-corrected chi connectivity index (χ3v) is 4.85. The summed E-state index contributed by atoms with van der Waals surface area (Å²) in [6, 6.07) is 10.3. The molecule has 0 aliphatic carbocycles. The van der Waals surface area contributed by atoms with Gasteiger partial charge in [-0.05, 0) is 48.5 Å². The molecule has 10 nitrogen and oxygen atoms in total. The number of esters is 4. The van der Waals surface area contributed by atoms with Crippen molar-refractivity contribution in [3.05, 3.63) is 108 Å². The molecule has 41 heavy (non-hydrogen) atoms. The van der Waals surface area contributed by atoms with Gasteiger partial charge in [0, 0.05) is 18.2 Å². The number of hydrogen-bond acceptors (Lipinski definition) is 10. The predicted molar refractivity (Wildman–Crippen MR) is 133 cm³/mol. The van der Waals surface area contributed by atoms with Crippen molar-refractivity contribution in [2.45, 2.75) is 0 Å². The molecule has 0 aliphatic rings. The Labute approximate surface area is 230 Å². The minimum Gasteiger partial charge on any atom is -0.457 e. The fourth-order valence-corrected chi connectivity index (χ4v) is 2.84. The highest BCUT2D eigenvalue weighted by Gasteiger charge is 2.25. The summed E-state index contributed by atoms with van der Waals surface area (Å²) >= 11 is 0. The Morgan fingerprint density at radius 1 is 0.659 bits per heavy atom. The Hall–Kier alpha value is -5.59. The van der Waals surface area contributed by atoms with Crippen LogP contribution >= 0.6 is 0 Å². The van der Waals surface area contributed by atoms with E-state index in [1.165, 1.54) is 48.5 Å². The van der Waals surface area contributed by atoms with Crippen LogP contribution in [0.3, 0.4) is 0 Å². The number of rotatable bonds is 12. The van der Waals surface area contributed by atoms with Gasteiger partial charge in [0.25, 0.3) is 0 Å². The highest BCUT2D eigenvalue weighted by atomic mass is 19.2. The maximum Gasteiger partial charge on any atom is 0.343 e. The third-order valence-electron chi connectivity index (χ3n) is 4.85. The zero-order valence-corrected chi connectivity index (χ0v) is 20.9. The first-order chi connectivity index (χ1) is 19.6. The number of carbonyl (C=O) groups is 4. The average Bonchev–Trinajstić information content (AvgIpc) is 2.98. The highest BCUT2D eigenvalue weighted by Crippen LogP contribution is 2.32. The molecule has 3 rings (SSSR count). The van der Waals surface area contributed by atoms with E-state index >= 15 is 0 Å². The van der Waals surface area contributed by atoms with E-state index in [0.717, 1.165) is 12.2 Å². The van der Waals surface area contributed by atoms with Crippen LogP contribution in [0.2, 0.25) is 0 Å². The van der Waals surface area contributed by atoms with Crippen LogP contribution in [0.5, 0.6) is 23.0 Å². The quantitative estimate of drug-likeness (QED) is 0.0994. The topological polar surface area (TPSA) is 124 Å². The lowest BCUT2D eigenvalue weighted by Crippen LogP contribution is -2.14. The SMILES string of the molecule is C=CC(=O)OCOc1ccc(C(=O)Oc2cc(F)c(OC(=O)c3ccc(OCOC(=O)C=C)cc3)c(F)c2F)cc1. The lowest BCUT2D eigenvalue weighted by atomic mass is 10.2. The molecular formula is C28H19F3O10. The molecule has 0 radical (unpaired) electrons. The Balaban J connectivity index is 1.63. The summed E-state index contributed by atoms with van der Waals surface area (Å²) < 4.78 is 72.7. The molecule has 212 valence electrons. The molecule has 0 saturated heterocycles. The fourth-order valence-electron chi connectivity index (χ4n) is 2.84. The van der Waals surface area contributed by atoms with Crippen LogP contribution in [0, 0.1) is 17.5 Å². The smallest absolute Gasteiger partial charge is 0.343 e. The molecule has 3 aromatic rings. The molecule has 0 bridgehead atoms. The van der Waals surface area contributed by atoms with Gasteiger partial charge in [-0.3, -0.25) is 0 Å². The van der Waals surface area contributed by atoms with Crippen molar-refractivity contribution < 1.29 is 60.8 Å². The van der Waals surface area contributed by atoms with Crippen LogP contribution in [0.25, 0.3) is 0 Å². The van der Waals surface area contributed by atoms with E-state index in [1.54, 1.807) is 0 Å². The van der Waals surface area contributed by atoms with Gasteiger partial charge in [-0.2, -0.15) is 8.78 Å². The molecule has 0 aromatic heterocycles. The van der Waals surface area contributed by atoms with E-state index in [0.29, 0.717) is 6.07 Å². The van der Waals surface area contributed by atoms with Crippen molar-refractivity contribution in [1.29, 1.82) is 0 Å². The van der Waals surface area contributed by atoms with Crippen molar-refractivity contribution in [2.75, 3.05) is 13.6 Å². The Kier molecular flexibility index (Phi) is 10.2. The summed E-state index contributed by atoms with van der Waals surface area (Å²) in [6.45, 7) is 5.58. The monoisotopic (exact) mass is 572 g/mol. The summed E-state index contributed by atoms with van der Waals surface area (Å²) in [5, 5.41) is 0. The van der Waals surface area contributed by atoms with Crippen LogP contribution in [-0.4, -0.2) is 37.5 Å². The van der Waals surface area contributed by atoms with Gasteiger partial charge in [-0.25, -0.2) is 23.6 Å². The first-order valence-corrected chi connectivity index (χ1v) is 11.3. The van der Waals surface area contributed by atoms with Gasteiger partial charge in [-0.15, -0.1) is 0 Å². The van der Waals surface area contributed by atoms with Gasteiger partial charge >= 0.3 is 23.9 Å². The van der Waals surface area contributed by atoms with Crippen molar-refractivity contribution in [3.8, 4) is 23.0 Å². The van der Waals surface area contributed by atoms with Crippen LogP contribution in [0.15, 0.2) is 79.9 Å². The van der Waals surface area contributed by atoms with Crippen molar-refractivity contribution in [2.24, 2.45) is 0 Å². The molecule has 13 heteroatoms. The maximum absolute atomic E-state index is 14.6. The number of benzene rings is 3. The summed E-state index contributed by atoms with van der Waals surface area (Å²) in [5.41, 5.74) is -0.316. The van der Waals surface area contributed by atoms with Gasteiger partial charge in [0.05, 0.1) is 11.1 Å². The second-order valence-electron chi connectivity index (χ2n) is 7.50. The van der Waals surface area contributed by atoms with E-state index < -0.39 is 66.4 Å². The first-order valence-electron chi connectivity index (χ1n) is 11.3. The van der Waals surface area contributed by atoms with Gasteiger partial charge in [0.1, 0.15) is 11.5 Å². The molecule has 0 fully saturated rings. The fraction of sp³-hybridized carbons (Fsp3) is 0.0714. The summed E-state index contributed by atoms with van der Waals surface area (Å²) in [6.07, 6.45) is 1.87. The molecule has 0 unspecified atom stereocenters. The Bertz CT molecular complexity index is 1470. The van der Waals surface area contributed by atoms with Crippen LogP contribution in [-0.2, 0) is 19.1 Å². The molecule has 0 amide bonds. The minimum atomic E-state index is -1.91. The number of ether oxygens (including phenoxy) is 6. The molecule has 0 aliphatic heterocycles. The zero-order chi connectivity index (χ0) is 29.9. The van der Waals surface area contributed by atoms with Crippen LogP contribution in [0.1, 0.15) is 20.7 Å². The first kappa shape index (κ1) is 30.0.